The van der Waals surface area contributed by atoms with Gasteiger partial charge in [0.2, 0.25) is 0 Å². The van der Waals surface area contributed by atoms with Crippen molar-refractivity contribution in [2.75, 3.05) is 38.1 Å². The topological polar surface area (TPSA) is 48.1 Å². The van der Waals surface area contributed by atoms with E-state index in [0.717, 1.165) is 45.7 Å². The molecule has 1 aliphatic heterocycles. The number of fused-ring (bicyclic) bond motifs is 1. The molecule has 148 valence electrons. The molecule has 3 aromatic rings. The van der Waals surface area contributed by atoms with Crippen LogP contribution in [0.4, 0.5) is 5.69 Å². The number of nitrogens with one attached hydrogen (secondary N) is 1. The predicted molar refractivity (Wildman–Crippen MR) is 118 cm³/mol. The van der Waals surface area contributed by atoms with Crippen LogP contribution in [0.25, 0.3) is 11.0 Å². The van der Waals surface area contributed by atoms with Gasteiger partial charge in [-0.05, 0) is 44.1 Å². The van der Waals surface area contributed by atoms with Gasteiger partial charge in [-0.15, -0.1) is 0 Å². The van der Waals surface area contributed by atoms with Crippen LogP contribution in [0.5, 0.6) is 0 Å². The minimum Gasteiger partial charge on any atom is -0.372 e. The number of imidazole rings is 1. The molecule has 7 heteroatoms. The Morgan fingerprint density at radius 3 is 2.82 bits per heavy atom. The van der Waals surface area contributed by atoms with E-state index in [-0.39, 0.29) is 0 Å². The summed E-state index contributed by atoms with van der Waals surface area (Å²) in [4.78, 5) is 17.3. The number of nitrogens with zero attached hydrogens (tertiary/aromatic N) is 4. The number of likely N-dealkylation sites (tertiary alicyclic amines) is 1. The first-order chi connectivity index (χ1) is 13.7. The quantitative estimate of drug-likeness (QED) is 0.560. The van der Waals surface area contributed by atoms with Gasteiger partial charge in [0.05, 0.1) is 27.4 Å². The van der Waals surface area contributed by atoms with Gasteiger partial charge in [-0.25, -0.2) is 4.98 Å². The van der Waals surface area contributed by atoms with Gasteiger partial charge in [0.15, 0.2) is 5.16 Å². The van der Waals surface area contributed by atoms with Crippen LogP contribution in [-0.2, 0) is 5.75 Å². The Labute approximate surface area is 175 Å². The molecule has 0 atom stereocenters. The lowest BCUT2D eigenvalue weighted by Crippen LogP contribution is -2.36. The van der Waals surface area contributed by atoms with E-state index in [4.69, 9.17) is 11.6 Å². The van der Waals surface area contributed by atoms with Gasteiger partial charge in [0, 0.05) is 32.1 Å². The molecule has 3 heterocycles. The van der Waals surface area contributed by atoms with Crippen LogP contribution in [-0.4, -0.2) is 53.1 Å². The number of likely N-dealkylation sites (N-methyl/N-ethyl adjacent to an activating group) is 1. The zero-order valence-electron chi connectivity index (χ0n) is 16.2. The summed E-state index contributed by atoms with van der Waals surface area (Å²) in [5.41, 5.74) is 3.98. The lowest BCUT2D eigenvalue weighted by Gasteiger charge is -2.29. The van der Waals surface area contributed by atoms with Crippen LogP contribution >= 0.6 is 23.4 Å². The summed E-state index contributed by atoms with van der Waals surface area (Å²) in [6.07, 6.45) is 5.87. The van der Waals surface area contributed by atoms with Crippen molar-refractivity contribution in [2.24, 2.45) is 0 Å². The maximum absolute atomic E-state index is 6.71. The van der Waals surface area contributed by atoms with Gasteiger partial charge in [0.1, 0.15) is 0 Å². The number of para-hydroxylation sites is 2. The first kappa shape index (κ1) is 19.6. The fourth-order valence-electron chi connectivity index (χ4n) is 3.60. The van der Waals surface area contributed by atoms with Crippen LogP contribution in [0.3, 0.4) is 0 Å². The smallest absolute Gasteiger partial charge is 0.166 e. The molecular formula is C21H26ClN5S. The molecule has 0 aliphatic carbocycles. The normalized spacial score (nSPS) is 15.2. The second-order valence-electron chi connectivity index (χ2n) is 7.26. The second kappa shape index (κ2) is 9.16. The number of H-pyrrole nitrogens is 1. The van der Waals surface area contributed by atoms with Crippen LogP contribution in [0.15, 0.2) is 41.7 Å². The summed E-state index contributed by atoms with van der Waals surface area (Å²) in [5.74, 6) is 0.687. The summed E-state index contributed by atoms with van der Waals surface area (Å²) in [5, 5.41) is 1.63. The third-order valence-corrected chi connectivity index (χ3v) is 6.56. The molecule has 2 aromatic heterocycles. The van der Waals surface area contributed by atoms with E-state index in [1.165, 1.54) is 32.4 Å². The molecular weight excluding hydrogens is 390 g/mol. The molecule has 4 rings (SSSR count). The second-order valence-corrected chi connectivity index (χ2v) is 8.60. The molecule has 1 fully saturated rings. The Bertz CT molecular complexity index is 889. The number of thioether (sulfide) groups is 1. The highest BCUT2D eigenvalue weighted by Crippen LogP contribution is 2.31. The molecule has 5 nitrogen and oxygen atoms in total. The number of anilines is 1. The van der Waals surface area contributed by atoms with Crippen molar-refractivity contribution in [1.82, 2.24) is 19.9 Å². The molecule has 1 aliphatic rings. The predicted octanol–water partition coefficient (Wildman–Crippen LogP) is 4.83. The Balaban J connectivity index is 1.39. The molecule has 1 N–H and O–H groups in total. The summed E-state index contributed by atoms with van der Waals surface area (Å²) in [6.45, 7) is 4.49. The van der Waals surface area contributed by atoms with Crippen molar-refractivity contribution in [1.29, 1.82) is 0 Å². The lowest BCUT2D eigenvalue weighted by atomic mass is 10.1. The van der Waals surface area contributed by atoms with E-state index < -0.39 is 0 Å². The number of piperidine rings is 1. The number of halogens is 1. The maximum Gasteiger partial charge on any atom is 0.166 e. The molecule has 1 aromatic carbocycles. The third kappa shape index (κ3) is 4.62. The molecule has 1 saturated heterocycles. The molecule has 0 amide bonds. The Morgan fingerprint density at radius 1 is 1.18 bits per heavy atom. The largest absolute Gasteiger partial charge is 0.372 e. The van der Waals surface area contributed by atoms with Crippen molar-refractivity contribution in [2.45, 2.75) is 30.2 Å². The van der Waals surface area contributed by atoms with Gasteiger partial charge < -0.3 is 14.8 Å². The molecule has 0 spiro atoms. The summed E-state index contributed by atoms with van der Waals surface area (Å²) < 4.78 is 0. The highest BCUT2D eigenvalue weighted by Gasteiger charge is 2.15. The van der Waals surface area contributed by atoms with Crippen LogP contribution < -0.4 is 4.90 Å². The van der Waals surface area contributed by atoms with Crippen molar-refractivity contribution < 1.29 is 0 Å². The van der Waals surface area contributed by atoms with E-state index in [1.54, 1.807) is 11.8 Å². The Hall–Kier alpha value is -1.76. The van der Waals surface area contributed by atoms with Crippen LogP contribution in [0, 0.1) is 0 Å². The number of rotatable bonds is 7. The van der Waals surface area contributed by atoms with E-state index in [1.807, 2.05) is 36.5 Å². The van der Waals surface area contributed by atoms with E-state index in [2.05, 4.69) is 31.8 Å². The number of hydrogen-bond donors (Lipinski definition) is 1. The van der Waals surface area contributed by atoms with Crippen molar-refractivity contribution in [3.05, 3.63) is 47.2 Å². The highest BCUT2D eigenvalue weighted by molar-refractivity contribution is 7.98. The maximum atomic E-state index is 6.71. The number of benzene rings is 1. The summed E-state index contributed by atoms with van der Waals surface area (Å²) in [6, 6.07) is 10.1. The van der Waals surface area contributed by atoms with Gasteiger partial charge in [0.25, 0.3) is 0 Å². The van der Waals surface area contributed by atoms with Crippen molar-refractivity contribution in [3.8, 4) is 0 Å². The minimum atomic E-state index is 0.687. The standard InChI is InChI=1S/C21H26ClN5S/c1-26(13-14-27-11-5-2-6-12-27)19-9-10-23-18(20(19)22)15-28-21-24-16-7-3-4-8-17(16)25-21/h3-4,7-10H,2,5-6,11-15H2,1H3,(H,24,25). The summed E-state index contributed by atoms with van der Waals surface area (Å²) in [7, 11) is 2.11. The molecule has 0 unspecified atom stereocenters. The average Bonchev–Trinajstić information content (AvgIpc) is 3.15. The number of aromatic amines is 1. The Morgan fingerprint density at radius 2 is 2.00 bits per heavy atom. The van der Waals surface area contributed by atoms with Gasteiger partial charge in [-0.1, -0.05) is 41.9 Å². The molecule has 0 bridgehead atoms. The first-order valence-corrected chi connectivity index (χ1v) is 11.2. The van der Waals surface area contributed by atoms with E-state index in [9.17, 15) is 0 Å². The van der Waals surface area contributed by atoms with Gasteiger partial charge in [-0.3, -0.25) is 4.98 Å². The minimum absolute atomic E-state index is 0.687. The zero-order valence-corrected chi connectivity index (χ0v) is 17.8. The number of hydrogen-bond acceptors (Lipinski definition) is 5. The summed E-state index contributed by atoms with van der Waals surface area (Å²) >= 11 is 8.34. The van der Waals surface area contributed by atoms with Crippen LogP contribution in [0.2, 0.25) is 5.02 Å². The fourth-order valence-corrected chi connectivity index (χ4v) is 4.84. The SMILES string of the molecule is CN(CCN1CCCCC1)c1ccnc(CSc2nc3ccccc3[nH]2)c1Cl. The molecule has 0 saturated carbocycles. The monoisotopic (exact) mass is 415 g/mol. The zero-order chi connectivity index (χ0) is 19.3. The number of pyridine rings is 1. The fraction of sp³-hybridized carbons (Fsp3) is 0.429. The highest BCUT2D eigenvalue weighted by atomic mass is 35.5. The van der Waals surface area contributed by atoms with E-state index >= 15 is 0 Å². The van der Waals surface area contributed by atoms with Crippen molar-refractivity contribution in [3.63, 3.8) is 0 Å². The van der Waals surface area contributed by atoms with E-state index in [0.29, 0.717) is 5.75 Å². The van der Waals surface area contributed by atoms with Gasteiger partial charge >= 0.3 is 0 Å². The van der Waals surface area contributed by atoms with Crippen molar-refractivity contribution >= 4 is 40.1 Å². The van der Waals surface area contributed by atoms with Gasteiger partial charge in [-0.2, -0.15) is 0 Å². The van der Waals surface area contributed by atoms with Crippen LogP contribution in [0.1, 0.15) is 25.0 Å². The third-order valence-electron chi connectivity index (χ3n) is 5.27. The first-order valence-electron chi connectivity index (χ1n) is 9.85. The average molecular weight is 416 g/mol. The number of aromatic nitrogens is 3. The molecule has 0 radical (unpaired) electrons. The molecule has 28 heavy (non-hydrogen) atoms. The lowest BCUT2D eigenvalue weighted by molar-refractivity contribution is 0.234. The Kier molecular flexibility index (Phi) is 6.40.